The second kappa shape index (κ2) is 61.3. The number of nitrogens with zero attached hydrogens (tertiary/aromatic N) is 18. The molecule has 5 unspecified atom stereocenters. The number of likely N-dealkylation sites (N-methyl/N-ethyl adjacent to an activating group) is 4. The SMILES string of the molecule is C=CC(=O)Nc1cc(N)c(OC)cc1N(C)CCN(C)C.C=CC(=O)Nc1cc(Nc2ncc(Cl)c(OC3CCCN(S(C)(=O)=O)CC3)n2)c(OC)cc1N(C)CCN(C)C.CC(C)(C)OC(=O)N1CCCC(O)CC1.CC(C)(C)OC(=O)N1CCCC(Oc2nc(Cl)ncc2Cl)CC1.CS(=O)(=O)N1CCCC(Oc2nc(Cl)ncc2Cl)CC1.Clc1ncc(Cl)c(Cl)n1.Clc1ncc(Cl)c(OC2CCCNCC2)n1. The van der Waals surface area contributed by atoms with Crippen LogP contribution in [-0.2, 0) is 39.1 Å². The van der Waals surface area contributed by atoms with Gasteiger partial charge in [-0.3, -0.25) is 9.59 Å². The molecule has 40 nitrogen and oxygen atoms in total. The third-order valence-corrected chi connectivity index (χ3v) is 26.4. The number of sulfonamides is 2. The fourth-order valence-electron chi connectivity index (χ4n) is 13.9. The highest BCUT2D eigenvalue weighted by Crippen LogP contribution is 2.41. The van der Waals surface area contributed by atoms with E-state index in [0.29, 0.717) is 158 Å². The molecule has 0 saturated carbocycles. The zero-order valence-corrected chi connectivity index (χ0v) is 93.1. The molecule has 7 N–H and O–H groups in total. The van der Waals surface area contributed by atoms with Gasteiger partial charge < -0.3 is 99.4 Å². The van der Waals surface area contributed by atoms with Crippen molar-refractivity contribution < 1.29 is 79.0 Å². The number of nitrogen functional groups attached to an aromatic ring is 1. The predicted molar refractivity (Wildman–Crippen MR) is 569 cm³/mol. The van der Waals surface area contributed by atoms with Crippen LogP contribution in [0.15, 0.2) is 80.6 Å². The summed E-state index contributed by atoms with van der Waals surface area (Å²) in [5.41, 5.74) is 8.75. The fourth-order valence-corrected chi connectivity index (χ4v) is 17.0. The van der Waals surface area contributed by atoms with Gasteiger partial charge in [-0.05, 0) is 243 Å². The maximum Gasteiger partial charge on any atom is 0.410 e. The Bertz CT molecular complexity index is 5540. The number of rotatable bonds is 26. The Labute approximate surface area is 894 Å². The Morgan fingerprint density at radius 2 is 0.826 bits per heavy atom. The zero-order chi connectivity index (χ0) is 107. The molecule has 5 atom stereocenters. The topological polar surface area (TPSA) is 460 Å². The van der Waals surface area contributed by atoms with Crippen LogP contribution < -0.4 is 65.2 Å². The first-order valence-corrected chi connectivity index (χ1v) is 53.6. The van der Waals surface area contributed by atoms with E-state index in [4.69, 9.17) is 160 Å². The number of ether oxygens (including phenoxy) is 8. The van der Waals surface area contributed by atoms with E-state index in [-0.39, 0.29) is 109 Å². The number of anilines is 7. The van der Waals surface area contributed by atoms with Gasteiger partial charge in [0.05, 0.1) is 103 Å². The van der Waals surface area contributed by atoms with Gasteiger partial charge in [-0.2, -0.15) is 19.9 Å². The van der Waals surface area contributed by atoms with E-state index >= 15 is 0 Å². The maximum absolute atomic E-state index is 12.2. The lowest BCUT2D eigenvalue weighted by atomic mass is 10.2. The van der Waals surface area contributed by atoms with Crippen molar-refractivity contribution >= 4 is 200 Å². The Kier molecular flexibility index (Phi) is 52.8. The van der Waals surface area contributed by atoms with Crippen molar-refractivity contribution in [2.45, 2.75) is 180 Å². The molecular formula is C92H133Cl10N23O17S2. The average Bonchev–Trinajstić information content (AvgIpc) is 0.798. The predicted octanol–water partition coefficient (Wildman–Crippen LogP) is 17.0. The third-order valence-electron chi connectivity index (χ3n) is 21.3. The minimum absolute atomic E-state index is 0.0655. The van der Waals surface area contributed by atoms with Crippen LogP contribution in [0.3, 0.4) is 0 Å². The van der Waals surface area contributed by atoms with Crippen molar-refractivity contribution in [3.8, 4) is 35.0 Å². The molecule has 7 aromatic rings. The van der Waals surface area contributed by atoms with Gasteiger partial charge >= 0.3 is 12.2 Å². The summed E-state index contributed by atoms with van der Waals surface area (Å²) >= 11 is 57.7. The molecule has 0 aliphatic carbocycles. The van der Waals surface area contributed by atoms with Crippen LogP contribution in [0.1, 0.15) is 138 Å². The highest BCUT2D eigenvalue weighted by molar-refractivity contribution is 7.88. The van der Waals surface area contributed by atoms with Gasteiger partial charge in [0.1, 0.15) is 67.2 Å². The Hall–Kier alpha value is -8.64. The summed E-state index contributed by atoms with van der Waals surface area (Å²) in [5.74, 6) is 1.76. The van der Waals surface area contributed by atoms with Gasteiger partial charge in [0.2, 0.25) is 82.5 Å². The number of carbonyl (C=O) groups excluding carboxylic acids is 4. The molecule has 5 aromatic heterocycles. The van der Waals surface area contributed by atoms with Crippen molar-refractivity contribution in [3.63, 3.8) is 0 Å². The molecule has 5 aliphatic rings. The number of carbonyl (C=O) groups is 4. The first kappa shape index (κ1) is 124. The van der Waals surface area contributed by atoms with Crippen LogP contribution >= 0.6 is 116 Å². The summed E-state index contributed by atoms with van der Waals surface area (Å²) in [4.78, 5) is 98.3. The van der Waals surface area contributed by atoms with Crippen LogP contribution in [-0.4, -0.2) is 326 Å². The number of amides is 4. The number of hydrogen-bond donors (Lipinski definition) is 6. The Morgan fingerprint density at radius 1 is 0.458 bits per heavy atom. The molecule has 12 rings (SSSR count). The number of halogens is 10. The molecule has 144 heavy (non-hydrogen) atoms. The zero-order valence-electron chi connectivity index (χ0n) is 83.9. The monoisotopic (exact) mass is 2250 g/mol. The summed E-state index contributed by atoms with van der Waals surface area (Å²) in [6.07, 6.45) is 22.3. The van der Waals surface area contributed by atoms with Crippen molar-refractivity contribution in [1.29, 1.82) is 0 Å². The van der Waals surface area contributed by atoms with Crippen molar-refractivity contribution in [2.75, 3.05) is 192 Å². The number of benzene rings is 2. The van der Waals surface area contributed by atoms with Gasteiger partial charge in [-0.1, -0.05) is 82.8 Å². The molecular weight excluding hydrogens is 2120 g/mol. The fraction of sp³-hybridized carbons (Fsp3) is 0.565. The van der Waals surface area contributed by atoms with Gasteiger partial charge in [-0.15, -0.1) is 0 Å². The van der Waals surface area contributed by atoms with E-state index in [9.17, 15) is 41.1 Å². The number of hydrogen-bond acceptors (Lipinski definition) is 34. The summed E-state index contributed by atoms with van der Waals surface area (Å²) in [7, 11) is 8.60. The second-order valence-corrected chi connectivity index (χ2v) is 43.6. The number of nitrogens with two attached hydrogens (primary N) is 1. The summed E-state index contributed by atoms with van der Waals surface area (Å²) in [6, 6.07) is 7.08. The standard InChI is InChI=1S/C26H38ClN7O5S.C15H21Cl2N3O3.C15H24N4O2.C11H15Cl2N3O3S.C11H21NO3.C10H13Cl2N3O.C4HCl3N2/c1-7-24(35)29-20-15-21(23(38-5)16-22(20)33(4)14-13-32(2)3)30-26-28-17-19(27)25(31-26)39-18-9-8-11-34(12-10-18)40(6,36)37;1-15(2,3)23-14(21)20-7-4-5-10(6-8-20)22-12-11(16)9-18-13(17)19-12;1-6-15(20)17-12-9-11(16)14(21-5)10-13(12)19(4)8-7-18(2)3;1-20(17,18)16-5-2-3-8(4-6-16)19-10-9(12)7-14-11(13)15-10;1-11(2,3)15-10(14)12-7-4-5-9(13)6-8-12;11-8-6-14-10(12)15-9(8)16-7-2-1-4-13-5-3-7;5-2-1-8-4(7)9-3(2)6/h7,15-18H,1,8-14H2,2-6H3,(H,29,35)(H,28,30,31);9-10H,4-8H2,1-3H3;6,9-10H,1,7-8,16H2,2-5H3,(H,17,20);7-8H,2-6H2,1H3;9,13H,4-8H2,1-3H3;6-7,13H,1-5H2;1H. The normalized spacial score (nSPS) is 17.5. The quantitative estimate of drug-likeness (QED) is 0.0127. The van der Waals surface area contributed by atoms with E-state index in [1.165, 1.54) is 64.3 Å². The van der Waals surface area contributed by atoms with Crippen molar-refractivity contribution in [3.05, 3.63) is 132 Å². The molecule has 2 aromatic carbocycles. The minimum Gasteiger partial charge on any atom is -0.495 e. The number of methoxy groups -OCH3 is 2. The van der Waals surface area contributed by atoms with Crippen LogP contribution in [0.5, 0.6) is 35.0 Å². The smallest absolute Gasteiger partial charge is 0.410 e. The van der Waals surface area contributed by atoms with Crippen LogP contribution in [0.2, 0.25) is 51.4 Å². The van der Waals surface area contributed by atoms with Gasteiger partial charge in [-0.25, -0.2) is 64.9 Å². The van der Waals surface area contributed by atoms with E-state index in [1.807, 2.05) is 106 Å². The van der Waals surface area contributed by atoms with Crippen molar-refractivity contribution in [2.24, 2.45) is 0 Å². The number of likely N-dealkylation sites (tertiary alicyclic amines) is 2. The lowest BCUT2D eigenvalue weighted by Crippen LogP contribution is -2.37. The lowest BCUT2D eigenvalue weighted by Gasteiger charge is -2.26. The Balaban J connectivity index is 0.000000268. The number of aliphatic hydroxyl groups is 1. The molecule has 5 fully saturated rings. The number of nitrogens with one attached hydrogen (secondary N) is 4. The molecule has 5 saturated heterocycles. The first-order chi connectivity index (χ1) is 67.7. The molecule has 0 radical (unpaired) electrons. The van der Waals surface area contributed by atoms with Gasteiger partial charge in [0.25, 0.3) is 0 Å². The average molecular weight is 2250 g/mol. The summed E-state index contributed by atoms with van der Waals surface area (Å²) in [6.45, 7) is 27.6. The lowest BCUT2D eigenvalue weighted by molar-refractivity contribution is -0.112. The molecule has 52 heteroatoms. The third kappa shape index (κ3) is 46.0. The maximum atomic E-state index is 12.2. The minimum atomic E-state index is -3.26. The van der Waals surface area contributed by atoms with E-state index in [2.05, 4.69) is 94.1 Å². The summed E-state index contributed by atoms with van der Waals surface area (Å²) in [5, 5.41) is 23.7. The van der Waals surface area contributed by atoms with Gasteiger partial charge in [0, 0.05) is 111 Å². The largest absolute Gasteiger partial charge is 0.495 e. The molecule has 0 spiro atoms. The molecule has 800 valence electrons. The number of aromatic nitrogens is 10. The highest BCUT2D eigenvalue weighted by Gasteiger charge is 2.32. The van der Waals surface area contributed by atoms with E-state index in [0.717, 1.165) is 102 Å². The van der Waals surface area contributed by atoms with Crippen LogP contribution in [0.4, 0.5) is 49.7 Å². The molecule has 0 bridgehead atoms. The highest BCUT2D eigenvalue weighted by atomic mass is 35.5. The molecule has 10 heterocycles. The number of aliphatic hydroxyl groups excluding tert-OH is 1. The van der Waals surface area contributed by atoms with Crippen LogP contribution in [0, 0.1) is 0 Å². The Morgan fingerprint density at radius 3 is 1.23 bits per heavy atom. The van der Waals surface area contributed by atoms with E-state index < -0.39 is 31.2 Å². The molecule has 4 amide bonds. The summed E-state index contributed by atoms with van der Waals surface area (Å²) < 4.78 is 94.8. The van der Waals surface area contributed by atoms with E-state index in [1.54, 1.807) is 36.2 Å². The van der Waals surface area contributed by atoms with Gasteiger partial charge in [0.15, 0.2) is 5.15 Å². The first-order valence-electron chi connectivity index (χ1n) is 46.1. The van der Waals surface area contributed by atoms with Crippen LogP contribution in [0.25, 0.3) is 0 Å². The molecule has 5 aliphatic heterocycles. The van der Waals surface area contributed by atoms with Crippen molar-refractivity contribution in [1.82, 2.24) is 83.4 Å². The second-order valence-electron chi connectivity index (χ2n) is 35.9.